The fourth-order valence-corrected chi connectivity index (χ4v) is 5.49. The van der Waals surface area contributed by atoms with Gasteiger partial charge < -0.3 is 5.11 Å². The summed E-state index contributed by atoms with van der Waals surface area (Å²) in [4.78, 5) is 12.7. The zero-order valence-electron chi connectivity index (χ0n) is 15.1. The van der Waals surface area contributed by atoms with Crippen molar-refractivity contribution >= 4 is 5.78 Å². The molecule has 4 atom stereocenters. The Hall–Kier alpha value is -0.630. The number of carbonyl (C=O) groups is 1. The van der Waals surface area contributed by atoms with E-state index in [-0.39, 0.29) is 23.4 Å². The van der Waals surface area contributed by atoms with Crippen LogP contribution in [0.4, 0.5) is 0 Å². The summed E-state index contributed by atoms with van der Waals surface area (Å²) in [6.45, 7) is 11.6. The first-order valence-electron chi connectivity index (χ1n) is 9.05. The smallest absolute Gasteiger partial charge is 0.159 e. The van der Waals surface area contributed by atoms with Gasteiger partial charge in [-0.1, -0.05) is 46.1 Å². The number of carbonyl (C=O) groups excluding carboxylic acids is 1. The molecule has 0 bridgehead atoms. The number of aliphatic hydroxyl groups excluding tert-OH is 1. The molecule has 2 nitrogen and oxygen atoms in total. The van der Waals surface area contributed by atoms with E-state index in [0.29, 0.717) is 17.6 Å². The first kappa shape index (κ1) is 17.7. The maximum Gasteiger partial charge on any atom is 0.159 e. The summed E-state index contributed by atoms with van der Waals surface area (Å²) in [5.74, 6) is 1.63. The van der Waals surface area contributed by atoms with Crippen LogP contribution in [-0.2, 0) is 4.79 Å². The van der Waals surface area contributed by atoms with Crippen LogP contribution >= 0.6 is 0 Å². The molecule has 1 saturated carbocycles. The summed E-state index contributed by atoms with van der Waals surface area (Å²) in [6, 6.07) is 0. The quantitative estimate of drug-likeness (QED) is 0.795. The van der Waals surface area contributed by atoms with Crippen molar-refractivity contribution in [3.05, 3.63) is 11.6 Å². The SMILES string of the molecule is CC1=CC(=O)[C@H]2C(C)(C)CCC[C@]2(C)[C@H]1CC[C@H](C)CCO. The second kappa shape index (κ2) is 6.47. The van der Waals surface area contributed by atoms with Crippen LogP contribution in [0.25, 0.3) is 0 Å². The second-order valence-electron chi connectivity index (χ2n) is 8.82. The summed E-state index contributed by atoms with van der Waals surface area (Å²) < 4.78 is 0. The van der Waals surface area contributed by atoms with Crippen molar-refractivity contribution in [3.63, 3.8) is 0 Å². The number of fused-ring (bicyclic) bond motifs is 1. The number of ketones is 1. The lowest BCUT2D eigenvalue weighted by molar-refractivity contribution is -0.136. The summed E-state index contributed by atoms with van der Waals surface area (Å²) in [5.41, 5.74) is 1.53. The lowest BCUT2D eigenvalue weighted by Gasteiger charge is -2.55. The van der Waals surface area contributed by atoms with Gasteiger partial charge >= 0.3 is 0 Å². The first-order valence-corrected chi connectivity index (χ1v) is 9.05. The molecule has 126 valence electrons. The third-order valence-corrected chi connectivity index (χ3v) is 6.55. The standard InChI is InChI=1S/C20H34O2/c1-14(9-12-21)7-8-16-15(2)13-17(22)18-19(3,4)10-6-11-20(16,18)5/h13-14,16,18,21H,6-12H2,1-5H3/t14-,16-,18-,20+/m0/s1. The molecular weight excluding hydrogens is 272 g/mol. The van der Waals surface area contributed by atoms with Crippen LogP contribution in [0.1, 0.15) is 73.1 Å². The Morgan fingerprint density at radius 3 is 2.59 bits per heavy atom. The number of rotatable bonds is 5. The molecule has 1 fully saturated rings. The Morgan fingerprint density at radius 2 is 1.95 bits per heavy atom. The van der Waals surface area contributed by atoms with Gasteiger partial charge in [0.05, 0.1) is 0 Å². The predicted molar refractivity (Wildman–Crippen MR) is 91.6 cm³/mol. The molecule has 0 aromatic heterocycles. The van der Waals surface area contributed by atoms with E-state index in [1.54, 1.807) is 0 Å². The third kappa shape index (κ3) is 3.18. The van der Waals surface area contributed by atoms with Gasteiger partial charge in [0.1, 0.15) is 0 Å². The molecule has 2 aliphatic carbocycles. The molecule has 1 N–H and O–H groups in total. The average molecular weight is 306 g/mol. The van der Waals surface area contributed by atoms with Crippen molar-refractivity contribution in [3.8, 4) is 0 Å². The summed E-state index contributed by atoms with van der Waals surface area (Å²) in [7, 11) is 0. The molecular formula is C20H34O2. The molecule has 0 aromatic rings. The van der Waals surface area contributed by atoms with E-state index < -0.39 is 0 Å². The molecule has 2 heteroatoms. The van der Waals surface area contributed by atoms with E-state index >= 15 is 0 Å². The summed E-state index contributed by atoms with van der Waals surface area (Å²) >= 11 is 0. The van der Waals surface area contributed by atoms with Crippen molar-refractivity contribution < 1.29 is 9.90 Å². The van der Waals surface area contributed by atoms with Gasteiger partial charge in [-0.15, -0.1) is 0 Å². The van der Waals surface area contributed by atoms with Crippen molar-refractivity contribution in [2.45, 2.75) is 73.1 Å². The topological polar surface area (TPSA) is 37.3 Å². The lowest BCUT2D eigenvalue weighted by Crippen LogP contribution is -2.52. The van der Waals surface area contributed by atoms with Gasteiger partial charge in [-0.25, -0.2) is 0 Å². The molecule has 0 unspecified atom stereocenters. The molecule has 0 spiro atoms. The second-order valence-corrected chi connectivity index (χ2v) is 8.82. The van der Waals surface area contributed by atoms with Crippen LogP contribution in [0.2, 0.25) is 0 Å². The number of aliphatic hydroxyl groups is 1. The first-order chi connectivity index (χ1) is 10.2. The molecule has 22 heavy (non-hydrogen) atoms. The van der Waals surface area contributed by atoms with Crippen LogP contribution in [0.15, 0.2) is 11.6 Å². The number of allylic oxidation sites excluding steroid dienone is 2. The minimum atomic E-state index is 0.121. The maximum absolute atomic E-state index is 12.7. The number of hydrogen-bond acceptors (Lipinski definition) is 2. The van der Waals surface area contributed by atoms with Crippen LogP contribution in [0.5, 0.6) is 0 Å². The highest BCUT2D eigenvalue weighted by molar-refractivity contribution is 5.94. The van der Waals surface area contributed by atoms with Gasteiger partial charge in [-0.2, -0.15) is 0 Å². The van der Waals surface area contributed by atoms with Crippen molar-refractivity contribution in [1.29, 1.82) is 0 Å². The predicted octanol–water partition coefficient (Wildman–Crippen LogP) is 4.76. The molecule has 0 amide bonds. The Labute approximate surface area is 136 Å². The van der Waals surface area contributed by atoms with E-state index in [0.717, 1.165) is 19.3 Å². The van der Waals surface area contributed by atoms with Crippen molar-refractivity contribution in [1.82, 2.24) is 0 Å². The molecule has 0 aliphatic heterocycles. The maximum atomic E-state index is 12.7. The fourth-order valence-electron chi connectivity index (χ4n) is 5.49. The van der Waals surface area contributed by atoms with E-state index in [9.17, 15) is 4.79 Å². The van der Waals surface area contributed by atoms with Crippen LogP contribution in [-0.4, -0.2) is 17.5 Å². The van der Waals surface area contributed by atoms with E-state index in [2.05, 4.69) is 34.6 Å². The highest BCUT2D eigenvalue weighted by atomic mass is 16.3. The van der Waals surface area contributed by atoms with Gasteiger partial charge in [-0.05, 0) is 61.3 Å². The van der Waals surface area contributed by atoms with Gasteiger partial charge in [0.15, 0.2) is 5.78 Å². The van der Waals surface area contributed by atoms with Crippen LogP contribution < -0.4 is 0 Å². The van der Waals surface area contributed by atoms with Crippen LogP contribution in [0, 0.1) is 28.6 Å². The minimum Gasteiger partial charge on any atom is -0.396 e. The normalized spacial score (nSPS) is 35.7. The van der Waals surface area contributed by atoms with Crippen molar-refractivity contribution in [2.24, 2.45) is 28.6 Å². The van der Waals surface area contributed by atoms with Gasteiger partial charge in [-0.3, -0.25) is 4.79 Å². The van der Waals surface area contributed by atoms with Crippen molar-refractivity contribution in [2.75, 3.05) is 6.61 Å². The molecule has 0 radical (unpaired) electrons. The fraction of sp³-hybridized carbons (Fsp3) is 0.850. The Bertz CT molecular complexity index is 449. The molecule has 2 rings (SSSR count). The van der Waals surface area contributed by atoms with Gasteiger partial charge in [0, 0.05) is 12.5 Å². The van der Waals surface area contributed by atoms with Gasteiger partial charge in [0.25, 0.3) is 0 Å². The van der Waals surface area contributed by atoms with E-state index in [1.807, 2.05) is 6.08 Å². The minimum absolute atomic E-state index is 0.121. The lowest BCUT2D eigenvalue weighted by atomic mass is 9.48. The molecule has 2 aliphatic rings. The largest absolute Gasteiger partial charge is 0.396 e. The zero-order valence-corrected chi connectivity index (χ0v) is 15.1. The molecule has 0 saturated heterocycles. The highest BCUT2D eigenvalue weighted by Gasteiger charge is 2.55. The van der Waals surface area contributed by atoms with E-state index in [1.165, 1.54) is 24.8 Å². The van der Waals surface area contributed by atoms with E-state index in [4.69, 9.17) is 5.11 Å². The molecule has 0 heterocycles. The number of hydrogen-bond donors (Lipinski definition) is 1. The Balaban J connectivity index is 2.24. The monoisotopic (exact) mass is 306 g/mol. The Morgan fingerprint density at radius 1 is 1.27 bits per heavy atom. The summed E-state index contributed by atoms with van der Waals surface area (Å²) in [6.07, 6.45) is 8.72. The third-order valence-electron chi connectivity index (χ3n) is 6.55. The zero-order chi connectivity index (χ0) is 16.5. The highest BCUT2D eigenvalue weighted by Crippen LogP contribution is 2.59. The molecule has 0 aromatic carbocycles. The average Bonchev–Trinajstić information content (AvgIpc) is 2.36. The summed E-state index contributed by atoms with van der Waals surface area (Å²) in [5, 5.41) is 9.11. The Kier molecular flexibility index (Phi) is 5.21. The van der Waals surface area contributed by atoms with Gasteiger partial charge in [0.2, 0.25) is 0 Å². The van der Waals surface area contributed by atoms with Crippen LogP contribution in [0.3, 0.4) is 0 Å².